The van der Waals surface area contributed by atoms with Gasteiger partial charge in [-0.05, 0) is 25.3 Å². The highest BCUT2D eigenvalue weighted by atomic mass is 16.5. The third-order valence-corrected chi connectivity index (χ3v) is 4.65. The zero-order chi connectivity index (χ0) is 15.1. The van der Waals surface area contributed by atoms with Crippen molar-refractivity contribution in [1.29, 1.82) is 0 Å². The summed E-state index contributed by atoms with van der Waals surface area (Å²) in [5, 5.41) is 8.83. The molecule has 6 heteroatoms. The number of ether oxygens (including phenoxy) is 1. The molecule has 0 N–H and O–H groups in total. The second kappa shape index (κ2) is 5.28. The van der Waals surface area contributed by atoms with Crippen molar-refractivity contribution in [3.8, 4) is 5.75 Å². The summed E-state index contributed by atoms with van der Waals surface area (Å²) in [4.78, 5) is 6.89. The van der Waals surface area contributed by atoms with E-state index in [4.69, 9.17) is 4.74 Å². The molecule has 0 aliphatic carbocycles. The van der Waals surface area contributed by atoms with E-state index in [-0.39, 0.29) is 12.3 Å². The number of hydrogen-bond donors (Lipinski definition) is 0. The molecule has 1 fully saturated rings. The highest BCUT2D eigenvalue weighted by molar-refractivity contribution is 5.61. The molecule has 3 heterocycles. The zero-order valence-corrected chi connectivity index (χ0v) is 13.0. The molecule has 0 unspecified atom stereocenters. The molecule has 3 aliphatic heterocycles. The maximum atomic E-state index is 5.99. The van der Waals surface area contributed by atoms with Crippen LogP contribution in [0.4, 0.5) is 5.69 Å². The maximum Gasteiger partial charge on any atom is 0.232 e. The maximum absolute atomic E-state index is 5.99. The van der Waals surface area contributed by atoms with Gasteiger partial charge in [0.1, 0.15) is 17.6 Å². The third-order valence-electron chi connectivity index (χ3n) is 4.65. The van der Waals surface area contributed by atoms with Crippen LogP contribution >= 0.6 is 0 Å². The van der Waals surface area contributed by atoms with Gasteiger partial charge in [-0.25, -0.2) is 0 Å². The monoisotopic (exact) mass is 299 g/mol. The van der Waals surface area contributed by atoms with Crippen LogP contribution in [0.1, 0.15) is 0 Å². The van der Waals surface area contributed by atoms with Crippen molar-refractivity contribution in [2.24, 2.45) is 10.2 Å². The van der Waals surface area contributed by atoms with Gasteiger partial charge in [0, 0.05) is 33.2 Å². The average molecular weight is 299 g/mol. The number of rotatable bonds is 1. The molecule has 4 rings (SSSR count). The molecule has 1 saturated heterocycles. The molecule has 22 heavy (non-hydrogen) atoms. The quantitative estimate of drug-likeness (QED) is 0.792. The standard InChI is InChI=1S/C16H21N5O/c1-19-7-9-21(10-8-19)15-11-13-16(18-17-15)22-14-6-4-3-5-12(14)20(13)2/h3-6,11,13,16H,7-10H2,1-2H3/t13-,16-/m1/s1. The van der Waals surface area contributed by atoms with Crippen molar-refractivity contribution in [3.63, 3.8) is 0 Å². The fraction of sp³-hybridized carbons (Fsp3) is 0.500. The highest BCUT2D eigenvalue weighted by Gasteiger charge is 2.36. The number of para-hydroxylation sites is 2. The van der Waals surface area contributed by atoms with E-state index in [0.717, 1.165) is 43.4 Å². The van der Waals surface area contributed by atoms with E-state index in [1.165, 1.54) is 0 Å². The Hall–Kier alpha value is -2.08. The van der Waals surface area contributed by atoms with E-state index in [1.807, 2.05) is 18.2 Å². The largest absolute Gasteiger partial charge is 0.462 e. The normalized spacial score (nSPS) is 27.8. The van der Waals surface area contributed by atoms with Crippen molar-refractivity contribution in [2.45, 2.75) is 12.3 Å². The number of piperazine rings is 1. The molecule has 0 amide bonds. The second-order valence-corrected chi connectivity index (χ2v) is 6.11. The molecule has 0 saturated carbocycles. The first-order chi connectivity index (χ1) is 10.7. The van der Waals surface area contributed by atoms with Gasteiger partial charge in [-0.2, -0.15) is 0 Å². The summed E-state index contributed by atoms with van der Waals surface area (Å²) in [6.45, 7) is 4.13. The van der Waals surface area contributed by atoms with Gasteiger partial charge in [0.25, 0.3) is 0 Å². The van der Waals surface area contributed by atoms with Gasteiger partial charge >= 0.3 is 0 Å². The van der Waals surface area contributed by atoms with Crippen LogP contribution in [-0.4, -0.2) is 62.3 Å². The summed E-state index contributed by atoms with van der Waals surface area (Å²) < 4.78 is 5.99. The van der Waals surface area contributed by atoms with Crippen molar-refractivity contribution in [2.75, 3.05) is 45.2 Å². The fourth-order valence-electron chi connectivity index (χ4n) is 3.19. The Bertz CT molecular complexity index is 621. The minimum Gasteiger partial charge on any atom is -0.462 e. The fourth-order valence-corrected chi connectivity index (χ4v) is 3.19. The molecule has 0 radical (unpaired) electrons. The number of azo groups is 1. The van der Waals surface area contributed by atoms with Crippen LogP contribution in [0.3, 0.4) is 0 Å². The smallest absolute Gasteiger partial charge is 0.232 e. The lowest BCUT2D eigenvalue weighted by Crippen LogP contribution is -2.49. The summed E-state index contributed by atoms with van der Waals surface area (Å²) >= 11 is 0. The van der Waals surface area contributed by atoms with Crippen LogP contribution in [0.25, 0.3) is 0 Å². The highest BCUT2D eigenvalue weighted by Crippen LogP contribution is 2.37. The van der Waals surface area contributed by atoms with Gasteiger partial charge in [0.05, 0.1) is 5.69 Å². The zero-order valence-electron chi connectivity index (χ0n) is 13.0. The predicted molar refractivity (Wildman–Crippen MR) is 85.1 cm³/mol. The summed E-state index contributed by atoms with van der Waals surface area (Å²) in [5.74, 6) is 1.85. The van der Waals surface area contributed by atoms with Gasteiger partial charge in [0.15, 0.2) is 0 Å². The van der Waals surface area contributed by atoms with Crippen molar-refractivity contribution >= 4 is 5.69 Å². The molecule has 3 aliphatic rings. The molecule has 6 nitrogen and oxygen atoms in total. The number of nitrogens with zero attached hydrogens (tertiary/aromatic N) is 5. The van der Waals surface area contributed by atoms with Crippen molar-refractivity contribution < 1.29 is 4.74 Å². The topological polar surface area (TPSA) is 43.7 Å². The number of hydrogen-bond acceptors (Lipinski definition) is 6. The Kier molecular flexibility index (Phi) is 3.26. The predicted octanol–water partition coefficient (Wildman–Crippen LogP) is 1.76. The molecule has 0 aromatic heterocycles. The van der Waals surface area contributed by atoms with Crippen molar-refractivity contribution in [3.05, 3.63) is 36.2 Å². The lowest BCUT2D eigenvalue weighted by molar-refractivity contribution is 0.150. The summed E-state index contributed by atoms with van der Waals surface area (Å²) in [7, 11) is 4.25. The second-order valence-electron chi connectivity index (χ2n) is 6.11. The molecule has 1 aromatic rings. The molecule has 2 atom stereocenters. The molecule has 0 bridgehead atoms. The van der Waals surface area contributed by atoms with Gasteiger partial charge < -0.3 is 19.4 Å². The third kappa shape index (κ3) is 2.23. The molecular weight excluding hydrogens is 278 g/mol. The van der Waals surface area contributed by atoms with E-state index in [2.05, 4.69) is 51.2 Å². The van der Waals surface area contributed by atoms with E-state index in [1.54, 1.807) is 0 Å². The number of fused-ring (bicyclic) bond motifs is 2. The van der Waals surface area contributed by atoms with Crippen LogP contribution in [0, 0.1) is 0 Å². The van der Waals surface area contributed by atoms with Gasteiger partial charge in [0.2, 0.25) is 6.23 Å². The minimum absolute atomic E-state index is 0.0991. The Morgan fingerprint density at radius 1 is 1.09 bits per heavy atom. The van der Waals surface area contributed by atoms with Gasteiger partial charge in [-0.1, -0.05) is 12.1 Å². The Balaban J connectivity index is 1.59. The first-order valence-electron chi connectivity index (χ1n) is 7.77. The van der Waals surface area contributed by atoms with Crippen LogP contribution in [0.2, 0.25) is 0 Å². The first-order valence-corrected chi connectivity index (χ1v) is 7.77. The lowest BCUT2D eigenvalue weighted by atomic mass is 10.1. The molecule has 0 spiro atoms. The Labute approximate surface area is 130 Å². The first kappa shape index (κ1) is 13.6. The minimum atomic E-state index is -0.254. The van der Waals surface area contributed by atoms with E-state index >= 15 is 0 Å². The molecule has 1 aromatic carbocycles. The lowest BCUT2D eigenvalue weighted by Gasteiger charge is -2.41. The number of benzene rings is 1. The number of likely N-dealkylation sites (N-methyl/N-ethyl adjacent to an activating group) is 2. The van der Waals surface area contributed by atoms with E-state index < -0.39 is 0 Å². The van der Waals surface area contributed by atoms with Gasteiger partial charge in [-0.3, -0.25) is 0 Å². The Morgan fingerprint density at radius 2 is 1.86 bits per heavy atom. The summed E-state index contributed by atoms with van der Waals surface area (Å²) in [5.41, 5.74) is 1.11. The van der Waals surface area contributed by atoms with E-state index in [0.29, 0.717) is 0 Å². The van der Waals surface area contributed by atoms with E-state index in [9.17, 15) is 0 Å². The summed E-state index contributed by atoms with van der Waals surface area (Å²) in [6, 6.07) is 8.19. The van der Waals surface area contributed by atoms with Crippen LogP contribution in [0.15, 0.2) is 46.4 Å². The molecule has 116 valence electrons. The SMILES string of the molecule is CN1CCN(C2=C[C@@H]3[C@H](N=N2)Oc2ccccc2N3C)CC1. The van der Waals surface area contributed by atoms with Crippen molar-refractivity contribution in [1.82, 2.24) is 9.80 Å². The van der Waals surface area contributed by atoms with Crippen LogP contribution in [-0.2, 0) is 0 Å². The van der Waals surface area contributed by atoms with Crippen LogP contribution in [0.5, 0.6) is 5.75 Å². The van der Waals surface area contributed by atoms with Crippen LogP contribution < -0.4 is 9.64 Å². The summed E-state index contributed by atoms with van der Waals surface area (Å²) in [6.07, 6.45) is 1.94. The number of anilines is 1. The average Bonchev–Trinajstić information content (AvgIpc) is 2.56. The molecular formula is C16H21N5O. The Morgan fingerprint density at radius 3 is 2.68 bits per heavy atom. The van der Waals surface area contributed by atoms with Gasteiger partial charge in [-0.15, -0.1) is 10.2 Å².